The highest BCUT2D eigenvalue weighted by Gasteiger charge is 2.26. The number of nitrogens with one attached hydrogen (secondary N) is 1. The van der Waals surface area contributed by atoms with E-state index in [1.165, 1.54) is 11.8 Å². The normalized spacial score (nSPS) is 14.1. The molecule has 0 radical (unpaired) electrons. The van der Waals surface area contributed by atoms with E-state index < -0.39 is 0 Å². The number of rotatable bonds is 7. The zero-order valence-electron chi connectivity index (χ0n) is 19.0. The summed E-state index contributed by atoms with van der Waals surface area (Å²) in [6.07, 6.45) is 3.95. The monoisotopic (exact) mass is 479 g/mol. The maximum atomic E-state index is 13.5. The fourth-order valence-corrected chi connectivity index (χ4v) is 5.31. The van der Waals surface area contributed by atoms with Crippen LogP contribution in [0.1, 0.15) is 31.7 Å². The number of fused-ring (bicyclic) bond motifs is 3. The number of nitrogens with zero attached hydrogens (tertiary/aromatic N) is 2. The summed E-state index contributed by atoms with van der Waals surface area (Å²) in [4.78, 5) is 31.1. The molecule has 0 saturated heterocycles. The number of anilines is 1. The van der Waals surface area contributed by atoms with Crippen LogP contribution < -0.4 is 20.3 Å². The summed E-state index contributed by atoms with van der Waals surface area (Å²) >= 11 is 1.25. The summed E-state index contributed by atoms with van der Waals surface area (Å²) in [5.74, 6) is 0.992. The molecule has 176 valence electrons. The van der Waals surface area contributed by atoms with Gasteiger partial charge >= 0.3 is 0 Å². The van der Waals surface area contributed by atoms with Gasteiger partial charge in [-0.3, -0.25) is 14.2 Å². The Labute approximate surface area is 200 Å². The number of aromatic nitrogens is 2. The molecule has 1 saturated carbocycles. The van der Waals surface area contributed by atoms with E-state index in [9.17, 15) is 9.59 Å². The molecule has 34 heavy (non-hydrogen) atoms. The van der Waals surface area contributed by atoms with Crippen molar-refractivity contribution in [3.8, 4) is 11.5 Å². The zero-order valence-corrected chi connectivity index (χ0v) is 19.8. The molecule has 0 bridgehead atoms. The lowest BCUT2D eigenvalue weighted by molar-refractivity contribution is -0.113. The summed E-state index contributed by atoms with van der Waals surface area (Å²) < 4.78 is 18.2. The van der Waals surface area contributed by atoms with E-state index in [0.29, 0.717) is 33.4 Å². The van der Waals surface area contributed by atoms with Crippen LogP contribution in [-0.4, -0.2) is 35.4 Å². The molecule has 8 nitrogen and oxygen atoms in total. The smallest absolute Gasteiger partial charge is 0.298 e. The van der Waals surface area contributed by atoms with Crippen molar-refractivity contribution >= 4 is 45.4 Å². The van der Waals surface area contributed by atoms with Crippen molar-refractivity contribution in [2.75, 3.05) is 25.3 Å². The molecule has 0 atom stereocenters. The minimum atomic E-state index is -0.235. The van der Waals surface area contributed by atoms with Crippen LogP contribution in [0.4, 0.5) is 5.69 Å². The summed E-state index contributed by atoms with van der Waals surface area (Å²) in [5, 5.41) is 4.20. The van der Waals surface area contributed by atoms with Crippen LogP contribution in [0.5, 0.6) is 11.5 Å². The molecular formula is C25H25N3O5S. The van der Waals surface area contributed by atoms with Gasteiger partial charge in [-0.15, -0.1) is 0 Å². The number of carbonyl (C=O) groups is 1. The van der Waals surface area contributed by atoms with Crippen molar-refractivity contribution in [2.45, 2.75) is 36.9 Å². The van der Waals surface area contributed by atoms with Gasteiger partial charge in [0.25, 0.3) is 5.56 Å². The van der Waals surface area contributed by atoms with E-state index in [1.807, 2.05) is 24.3 Å². The highest BCUT2D eigenvalue weighted by Crippen LogP contribution is 2.34. The first-order valence-electron chi connectivity index (χ1n) is 11.2. The van der Waals surface area contributed by atoms with E-state index in [4.69, 9.17) is 18.9 Å². The average Bonchev–Trinajstić information content (AvgIpc) is 3.51. The van der Waals surface area contributed by atoms with Gasteiger partial charge in [0.2, 0.25) is 11.5 Å². The minimum absolute atomic E-state index is 0.0571. The minimum Gasteiger partial charge on any atom is -0.497 e. The number of methoxy groups -OCH3 is 2. The predicted octanol–water partition coefficient (Wildman–Crippen LogP) is 5.01. The Morgan fingerprint density at radius 1 is 1.18 bits per heavy atom. The van der Waals surface area contributed by atoms with E-state index in [0.717, 1.165) is 31.1 Å². The molecule has 0 unspecified atom stereocenters. The molecule has 2 aromatic carbocycles. The maximum Gasteiger partial charge on any atom is 0.298 e. The number of ether oxygens (including phenoxy) is 2. The molecule has 0 spiro atoms. The largest absolute Gasteiger partial charge is 0.497 e. The number of amides is 1. The second-order valence-electron chi connectivity index (χ2n) is 8.19. The molecule has 4 aromatic rings. The van der Waals surface area contributed by atoms with Crippen LogP contribution in [0, 0.1) is 0 Å². The topological polar surface area (TPSA) is 95.6 Å². The Balaban J connectivity index is 1.47. The molecule has 1 aliphatic rings. The molecule has 0 aliphatic heterocycles. The fourth-order valence-electron chi connectivity index (χ4n) is 4.45. The SMILES string of the molecule is COc1ccc(OC)c(NC(=O)CSc2nc3c(oc4ccccc43)c(=O)n2C2CCCC2)c1. The Morgan fingerprint density at radius 3 is 2.74 bits per heavy atom. The van der Waals surface area contributed by atoms with Gasteiger partial charge < -0.3 is 19.2 Å². The molecule has 5 rings (SSSR count). The number of carbonyl (C=O) groups excluding carboxylic acids is 1. The highest BCUT2D eigenvalue weighted by molar-refractivity contribution is 7.99. The molecular weight excluding hydrogens is 454 g/mol. The third-order valence-corrected chi connectivity index (χ3v) is 7.05. The standard InChI is InChI=1S/C25H25N3O5S/c1-31-16-11-12-20(32-2)18(13-16)26-21(29)14-34-25-27-22-17-9-5-6-10-19(17)33-23(22)24(30)28(25)15-7-3-4-8-15/h5-6,9-13,15H,3-4,7-8,14H2,1-2H3,(H,26,29). The van der Waals surface area contributed by atoms with E-state index in [1.54, 1.807) is 37.0 Å². The quantitative estimate of drug-likeness (QED) is 0.294. The second kappa shape index (κ2) is 9.42. The van der Waals surface area contributed by atoms with Gasteiger partial charge in [-0.1, -0.05) is 36.7 Å². The molecule has 1 fully saturated rings. The third-order valence-electron chi connectivity index (χ3n) is 6.10. The summed E-state index contributed by atoms with van der Waals surface area (Å²) in [6, 6.07) is 12.7. The van der Waals surface area contributed by atoms with Gasteiger partial charge in [0.15, 0.2) is 5.16 Å². The molecule has 9 heteroatoms. The van der Waals surface area contributed by atoms with Crippen LogP contribution in [0.3, 0.4) is 0 Å². The number of benzene rings is 2. The number of para-hydroxylation sites is 1. The first kappa shape index (κ1) is 22.3. The molecule has 1 aliphatic carbocycles. The Bertz CT molecular complexity index is 1420. The molecule has 1 amide bonds. The molecule has 2 heterocycles. The van der Waals surface area contributed by atoms with E-state index >= 15 is 0 Å². The first-order chi connectivity index (χ1) is 16.6. The lowest BCUT2D eigenvalue weighted by Crippen LogP contribution is -2.26. The van der Waals surface area contributed by atoms with E-state index in [2.05, 4.69) is 5.32 Å². The van der Waals surface area contributed by atoms with Crippen LogP contribution in [-0.2, 0) is 4.79 Å². The zero-order chi connectivity index (χ0) is 23.7. The Kier molecular flexibility index (Phi) is 6.19. The molecule has 2 aromatic heterocycles. The van der Waals surface area contributed by atoms with Gasteiger partial charge in [-0.25, -0.2) is 4.98 Å². The van der Waals surface area contributed by atoms with Crippen molar-refractivity contribution in [3.63, 3.8) is 0 Å². The van der Waals surface area contributed by atoms with Gasteiger partial charge in [0, 0.05) is 17.5 Å². The van der Waals surface area contributed by atoms with Gasteiger partial charge in [0.1, 0.15) is 22.6 Å². The number of hydrogen-bond donors (Lipinski definition) is 1. The second-order valence-corrected chi connectivity index (χ2v) is 9.13. The van der Waals surface area contributed by atoms with E-state index in [-0.39, 0.29) is 28.8 Å². The van der Waals surface area contributed by atoms with Gasteiger partial charge in [-0.2, -0.15) is 0 Å². The molecule has 1 N–H and O–H groups in total. The van der Waals surface area contributed by atoms with Crippen LogP contribution >= 0.6 is 11.8 Å². The van der Waals surface area contributed by atoms with Crippen LogP contribution in [0.2, 0.25) is 0 Å². The summed E-state index contributed by atoms with van der Waals surface area (Å²) in [6.45, 7) is 0. The fraction of sp³-hybridized carbons (Fsp3) is 0.320. The van der Waals surface area contributed by atoms with Crippen molar-refractivity contribution in [1.29, 1.82) is 0 Å². The number of hydrogen-bond acceptors (Lipinski definition) is 7. The van der Waals surface area contributed by atoms with Crippen LogP contribution in [0.15, 0.2) is 56.8 Å². The summed E-state index contributed by atoms with van der Waals surface area (Å²) in [7, 11) is 3.10. The number of furan rings is 1. The maximum absolute atomic E-state index is 13.5. The first-order valence-corrected chi connectivity index (χ1v) is 12.2. The predicted molar refractivity (Wildman–Crippen MR) is 132 cm³/mol. The lowest BCUT2D eigenvalue weighted by Gasteiger charge is -2.17. The van der Waals surface area contributed by atoms with Crippen LogP contribution in [0.25, 0.3) is 22.1 Å². The van der Waals surface area contributed by atoms with Gasteiger partial charge in [-0.05, 0) is 37.1 Å². The Hall–Kier alpha value is -3.46. The van der Waals surface area contributed by atoms with Crippen molar-refractivity contribution in [2.24, 2.45) is 0 Å². The van der Waals surface area contributed by atoms with Crippen molar-refractivity contribution in [3.05, 3.63) is 52.8 Å². The van der Waals surface area contributed by atoms with Gasteiger partial charge in [0.05, 0.1) is 25.7 Å². The average molecular weight is 480 g/mol. The van der Waals surface area contributed by atoms with Crippen molar-refractivity contribution in [1.82, 2.24) is 9.55 Å². The summed E-state index contributed by atoms with van der Waals surface area (Å²) in [5.41, 5.74) is 1.76. The Morgan fingerprint density at radius 2 is 1.97 bits per heavy atom. The third kappa shape index (κ3) is 4.11. The van der Waals surface area contributed by atoms with Crippen molar-refractivity contribution < 1.29 is 18.7 Å². The number of thioether (sulfide) groups is 1. The lowest BCUT2D eigenvalue weighted by atomic mass is 10.2. The highest BCUT2D eigenvalue weighted by atomic mass is 32.2.